The van der Waals surface area contributed by atoms with Crippen LogP contribution in [0.3, 0.4) is 0 Å². The molecule has 1 aliphatic rings. The topological polar surface area (TPSA) is 102 Å². The quantitative estimate of drug-likeness (QED) is 0.443. The molecule has 1 aliphatic carbocycles. The number of benzene rings is 1. The molecule has 1 fully saturated rings. The largest absolute Gasteiger partial charge is 0.390 e. The number of pyridine rings is 2. The second-order valence-electron chi connectivity index (χ2n) is 9.44. The maximum Gasteiger partial charge on any atom is 0.165 e. The van der Waals surface area contributed by atoms with Gasteiger partial charge in [-0.05, 0) is 44.4 Å². The van der Waals surface area contributed by atoms with Crippen LogP contribution in [-0.2, 0) is 5.54 Å². The molecule has 4 heterocycles. The summed E-state index contributed by atoms with van der Waals surface area (Å²) in [5.74, 6) is 0. The number of nitrogens with two attached hydrogens (primary N) is 1. The van der Waals surface area contributed by atoms with E-state index < -0.39 is 11.1 Å². The van der Waals surface area contributed by atoms with E-state index in [4.69, 9.17) is 10.7 Å². The number of rotatable bonds is 3. The van der Waals surface area contributed by atoms with E-state index in [-0.39, 0.29) is 0 Å². The first-order chi connectivity index (χ1) is 15.8. The zero-order valence-corrected chi connectivity index (χ0v) is 18.5. The molecule has 164 valence electrons. The monoisotopic (exact) mass is 436 g/mol. The molecule has 0 spiro atoms. The van der Waals surface area contributed by atoms with Gasteiger partial charge in [0.2, 0.25) is 0 Å². The Kier molecular flexibility index (Phi) is 4.18. The van der Waals surface area contributed by atoms with Crippen LogP contribution in [0.5, 0.6) is 0 Å². The van der Waals surface area contributed by atoms with Gasteiger partial charge in [-0.1, -0.05) is 30.3 Å². The van der Waals surface area contributed by atoms with Gasteiger partial charge in [-0.15, -0.1) is 0 Å². The van der Waals surface area contributed by atoms with Crippen molar-refractivity contribution in [3.63, 3.8) is 0 Å². The first-order valence-corrected chi connectivity index (χ1v) is 11.0. The van der Waals surface area contributed by atoms with Crippen LogP contribution >= 0.6 is 0 Å². The highest BCUT2D eigenvalue weighted by molar-refractivity contribution is 5.90. The van der Waals surface area contributed by atoms with Gasteiger partial charge in [-0.25, -0.2) is 9.97 Å². The minimum atomic E-state index is -0.692. The summed E-state index contributed by atoms with van der Waals surface area (Å²) in [5, 5.41) is 15.7. The lowest BCUT2D eigenvalue weighted by molar-refractivity contribution is -0.0738. The maximum atomic E-state index is 10.2. The molecule has 0 atom stereocenters. The van der Waals surface area contributed by atoms with Crippen molar-refractivity contribution in [2.75, 3.05) is 0 Å². The number of aromatic nitrogens is 5. The lowest BCUT2D eigenvalue weighted by atomic mass is 9.63. The van der Waals surface area contributed by atoms with E-state index in [0.717, 1.165) is 50.3 Å². The number of hydrogen-bond acceptors (Lipinski definition) is 6. The fraction of sp³-hybridized carbons (Fsp3) is 0.231. The molecule has 4 aromatic heterocycles. The summed E-state index contributed by atoms with van der Waals surface area (Å²) in [4.78, 5) is 13.9. The SMILES string of the molecule is Cc1cc2ncc3cc(-c4cccnc4)c(-c4ccc([C@]5(N)C[C@@](C)(O)C5)cc4)nc3n2n1. The highest BCUT2D eigenvalue weighted by atomic mass is 16.3. The molecule has 1 aromatic carbocycles. The third-order valence-electron chi connectivity index (χ3n) is 6.48. The first kappa shape index (κ1) is 20.0. The number of hydrogen-bond donors (Lipinski definition) is 2. The zero-order valence-electron chi connectivity index (χ0n) is 18.5. The van der Waals surface area contributed by atoms with Crippen molar-refractivity contribution in [1.29, 1.82) is 0 Å². The number of aryl methyl sites for hydroxylation is 1. The Morgan fingerprint density at radius 2 is 1.82 bits per heavy atom. The molecule has 0 radical (unpaired) electrons. The van der Waals surface area contributed by atoms with Gasteiger partial charge in [-0.2, -0.15) is 9.61 Å². The fourth-order valence-corrected chi connectivity index (χ4v) is 5.09. The van der Waals surface area contributed by atoms with Gasteiger partial charge in [0.05, 0.1) is 17.0 Å². The Morgan fingerprint density at radius 1 is 1.03 bits per heavy atom. The summed E-state index contributed by atoms with van der Waals surface area (Å²) in [6.45, 7) is 3.78. The van der Waals surface area contributed by atoms with Crippen LogP contribution in [-0.4, -0.2) is 35.3 Å². The second-order valence-corrected chi connectivity index (χ2v) is 9.44. The summed E-state index contributed by atoms with van der Waals surface area (Å²) in [5.41, 5.74) is 12.6. The normalized spacial score (nSPS) is 22.5. The Morgan fingerprint density at radius 3 is 2.52 bits per heavy atom. The summed E-state index contributed by atoms with van der Waals surface area (Å²) in [6, 6.07) is 16.2. The summed E-state index contributed by atoms with van der Waals surface area (Å²) >= 11 is 0. The average molecular weight is 437 g/mol. The Labute approximate surface area is 191 Å². The molecule has 0 bridgehead atoms. The molecule has 6 rings (SSSR count). The highest BCUT2D eigenvalue weighted by Crippen LogP contribution is 2.46. The van der Waals surface area contributed by atoms with Crippen molar-refractivity contribution >= 4 is 16.7 Å². The van der Waals surface area contributed by atoms with Crippen LogP contribution in [0, 0.1) is 6.92 Å². The minimum Gasteiger partial charge on any atom is -0.390 e. The number of fused-ring (bicyclic) bond motifs is 3. The fourth-order valence-electron chi connectivity index (χ4n) is 5.09. The van der Waals surface area contributed by atoms with Crippen molar-refractivity contribution in [3.05, 3.63) is 78.4 Å². The standard InChI is InChI=1S/C26H24N6O/c1-16-10-22-29-13-19-11-21(18-4-3-9-28-12-18)23(30-24(19)32(22)31-16)17-5-7-20(8-6-17)26(27)14-25(2,33)15-26/h3-13,33H,14-15,27H2,1-2H3/t25-,26+. The molecule has 7 nitrogen and oxygen atoms in total. The third kappa shape index (κ3) is 3.28. The lowest BCUT2D eigenvalue weighted by Crippen LogP contribution is -2.58. The van der Waals surface area contributed by atoms with Crippen molar-refractivity contribution in [3.8, 4) is 22.4 Å². The molecule has 33 heavy (non-hydrogen) atoms. The first-order valence-electron chi connectivity index (χ1n) is 11.0. The Balaban J connectivity index is 1.53. The molecule has 5 aromatic rings. The van der Waals surface area contributed by atoms with Crippen molar-refractivity contribution < 1.29 is 5.11 Å². The van der Waals surface area contributed by atoms with E-state index in [1.807, 2.05) is 56.6 Å². The summed E-state index contributed by atoms with van der Waals surface area (Å²) in [7, 11) is 0. The van der Waals surface area contributed by atoms with E-state index >= 15 is 0 Å². The smallest absolute Gasteiger partial charge is 0.165 e. The van der Waals surface area contributed by atoms with E-state index in [2.05, 4.69) is 33.3 Å². The summed E-state index contributed by atoms with van der Waals surface area (Å²) < 4.78 is 1.79. The van der Waals surface area contributed by atoms with Crippen LogP contribution in [0.15, 0.2) is 67.1 Å². The predicted octanol–water partition coefficient (Wildman–Crippen LogP) is 4.01. The van der Waals surface area contributed by atoms with Crippen LogP contribution in [0.4, 0.5) is 0 Å². The molecule has 0 amide bonds. The van der Waals surface area contributed by atoms with Gasteiger partial charge in [0.1, 0.15) is 0 Å². The molecular formula is C26H24N6O. The zero-order chi connectivity index (χ0) is 22.8. The van der Waals surface area contributed by atoms with E-state index in [1.54, 1.807) is 10.7 Å². The van der Waals surface area contributed by atoms with Crippen LogP contribution in [0.1, 0.15) is 31.0 Å². The molecule has 3 N–H and O–H groups in total. The number of aliphatic hydroxyl groups is 1. The lowest BCUT2D eigenvalue weighted by Gasteiger charge is -2.49. The molecule has 0 unspecified atom stereocenters. The van der Waals surface area contributed by atoms with Gasteiger partial charge in [-0.3, -0.25) is 4.98 Å². The Bertz CT molecular complexity index is 1500. The van der Waals surface area contributed by atoms with E-state index in [9.17, 15) is 5.11 Å². The minimum absolute atomic E-state index is 0.491. The van der Waals surface area contributed by atoms with Crippen molar-refractivity contribution in [1.82, 2.24) is 24.6 Å². The van der Waals surface area contributed by atoms with E-state index in [0.29, 0.717) is 12.8 Å². The third-order valence-corrected chi connectivity index (χ3v) is 6.48. The molecule has 1 saturated carbocycles. The van der Waals surface area contributed by atoms with Crippen molar-refractivity contribution in [2.24, 2.45) is 5.73 Å². The average Bonchev–Trinajstić information content (AvgIpc) is 3.18. The Hall–Kier alpha value is -3.68. The molecule has 7 heteroatoms. The van der Waals surface area contributed by atoms with E-state index in [1.165, 1.54) is 0 Å². The summed E-state index contributed by atoms with van der Waals surface area (Å²) in [6.07, 6.45) is 6.55. The maximum absolute atomic E-state index is 10.2. The molecular weight excluding hydrogens is 412 g/mol. The van der Waals surface area contributed by atoms with Crippen LogP contribution in [0.2, 0.25) is 0 Å². The second kappa shape index (κ2) is 6.91. The highest BCUT2D eigenvalue weighted by Gasteiger charge is 2.49. The van der Waals surface area contributed by atoms with Crippen LogP contribution < -0.4 is 5.73 Å². The number of nitrogens with zero attached hydrogens (tertiary/aromatic N) is 5. The van der Waals surface area contributed by atoms with Gasteiger partial charge in [0.25, 0.3) is 0 Å². The van der Waals surface area contributed by atoms with Crippen LogP contribution in [0.25, 0.3) is 39.1 Å². The van der Waals surface area contributed by atoms with Gasteiger partial charge in [0.15, 0.2) is 11.3 Å². The van der Waals surface area contributed by atoms with Gasteiger partial charge < -0.3 is 10.8 Å². The van der Waals surface area contributed by atoms with Gasteiger partial charge in [0, 0.05) is 52.3 Å². The molecule has 0 saturated heterocycles. The predicted molar refractivity (Wildman–Crippen MR) is 127 cm³/mol. The molecule has 0 aliphatic heterocycles. The van der Waals surface area contributed by atoms with Crippen molar-refractivity contribution in [2.45, 2.75) is 37.8 Å². The van der Waals surface area contributed by atoms with Gasteiger partial charge >= 0.3 is 0 Å².